The monoisotopic (exact) mass is 312 g/mol. The third kappa shape index (κ3) is 4.43. The van der Waals surface area contributed by atoms with Gasteiger partial charge in [0, 0.05) is 39.8 Å². The summed E-state index contributed by atoms with van der Waals surface area (Å²) in [5.74, 6) is -1.34. The van der Waals surface area contributed by atoms with Crippen molar-refractivity contribution in [3.63, 3.8) is 0 Å². The normalized spacial score (nSPS) is 25.0. The third-order valence-electron chi connectivity index (χ3n) is 4.41. The molecule has 0 saturated carbocycles. The summed E-state index contributed by atoms with van der Waals surface area (Å²) in [7, 11) is 1.62. The molecule has 0 aromatic rings. The first-order valence-corrected chi connectivity index (χ1v) is 7.79. The highest BCUT2D eigenvalue weighted by atomic mass is 16.5. The van der Waals surface area contributed by atoms with Crippen molar-refractivity contribution in [3.8, 4) is 0 Å². The zero-order chi connectivity index (χ0) is 16.1. The van der Waals surface area contributed by atoms with Crippen LogP contribution in [-0.4, -0.2) is 72.6 Å². The van der Waals surface area contributed by atoms with Crippen molar-refractivity contribution in [1.82, 2.24) is 9.80 Å². The lowest BCUT2D eigenvalue weighted by Crippen LogP contribution is -2.47. The Morgan fingerprint density at radius 2 is 2.09 bits per heavy atom. The summed E-state index contributed by atoms with van der Waals surface area (Å²) in [6, 6.07) is 0. The van der Waals surface area contributed by atoms with Gasteiger partial charge < -0.3 is 19.6 Å². The van der Waals surface area contributed by atoms with Crippen LogP contribution in [0.4, 0.5) is 0 Å². The van der Waals surface area contributed by atoms with Crippen LogP contribution in [0.5, 0.6) is 0 Å². The molecule has 2 saturated heterocycles. The number of carbonyl (C=O) groups excluding carboxylic acids is 2. The maximum Gasteiger partial charge on any atom is 0.308 e. The molecular formula is C15H24N2O5. The van der Waals surface area contributed by atoms with Gasteiger partial charge in [-0.2, -0.15) is 0 Å². The molecule has 124 valence electrons. The van der Waals surface area contributed by atoms with E-state index in [0.717, 1.165) is 6.42 Å². The van der Waals surface area contributed by atoms with E-state index in [0.29, 0.717) is 39.0 Å². The fourth-order valence-electron chi connectivity index (χ4n) is 2.94. The van der Waals surface area contributed by atoms with Crippen molar-refractivity contribution in [1.29, 1.82) is 0 Å². The van der Waals surface area contributed by atoms with Crippen LogP contribution in [0.25, 0.3) is 0 Å². The summed E-state index contributed by atoms with van der Waals surface area (Å²) in [5.41, 5.74) is 0. The summed E-state index contributed by atoms with van der Waals surface area (Å²) < 4.78 is 5.25. The van der Waals surface area contributed by atoms with Gasteiger partial charge in [-0.15, -0.1) is 0 Å². The number of carboxylic acid groups (broad SMARTS) is 1. The molecule has 7 nitrogen and oxygen atoms in total. The summed E-state index contributed by atoms with van der Waals surface area (Å²) in [6.45, 7) is 2.14. The molecule has 0 spiro atoms. The predicted octanol–water partition coefficient (Wildman–Crippen LogP) is 0.195. The molecule has 2 aliphatic heterocycles. The van der Waals surface area contributed by atoms with Crippen LogP contribution < -0.4 is 0 Å². The second-order valence-electron chi connectivity index (χ2n) is 6.20. The molecule has 7 heteroatoms. The number of hydrogen-bond donors (Lipinski definition) is 1. The van der Waals surface area contributed by atoms with Crippen LogP contribution >= 0.6 is 0 Å². The number of ether oxygens (including phenoxy) is 1. The van der Waals surface area contributed by atoms with Gasteiger partial charge >= 0.3 is 5.97 Å². The van der Waals surface area contributed by atoms with E-state index < -0.39 is 11.9 Å². The molecule has 2 atom stereocenters. The van der Waals surface area contributed by atoms with E-state index in [1.807, 2.05) is 0 Å². The Bertz CT molecular complexity index is 434. The summed E-state index contributed by atoms with van der Waals surface area (Å²) in [5, 5.41) is 9.05. The van der Waals surface area contributed by atoms with Gasteiger partial charge in [0.05, 0.1) is 12.5 Å². The fourth-order valence-corrected chi connectivity index (χ4v) is 2.94. The second kappa shape index (κ2) is 7.58. The van der Waals surface area contributed by atoms with Crippen LogP contribution in [0.3, 0.4) is 0 Å². The molecule has 0 bridgehead atoms. The smallest absolute Gasteiger partial charge is 0.308 e. The number of aliphatic carboxylic acids is 1. The minimum absolute atomic E-state index is 0.0126. The first kappa shape index (κ1) is 16.7. The number of nitrogens with zero attached hydrogens (tertiary/aromatic N) is 2. The Balaban J connectivity index is 1.79. The first-order chi connectivity index (χ1) is 10.5. The molecule has 2 aliphatic rings. The van der Waals surface area contributed by atoms with Crippen molar-refractivity contribution < 1.29 is 24.2 Å². The van der Waals surface area contributed by atoms with E-state index in [9.17, 15) is 14.4 Å². The van der Waals surface area contributed by atoms with Gasteiger partial charge in [0.2, 0.25) is 11.8 Å². The van der Waals surface area contributed by atoms with Crippen LogP contribution in [-0.2, 0) is 19.1 Å². The Hall–Kier alpha value is -1.63. The Kier molecular flexibility index (Phi) is 5.76. The average molecular weight is 312 g/mol. The van der Waals surface area contributed by atoms with Gasteiger partial charge in [-0.3, -0.25) is 14.4 Å². The zero-order valence-corrected chi connectivity index (χ0v) is 13.0. The number of rotatable bonds is 5. The molecule has 0 aliphatic carbocycles. The molecule has 0 radical (unpaired) electrons. The van der Waals surface area contributed by atoms with Gasteiger partial charge in [-0.1, -0.05) is 0 Å². The lowest BCUT2D eigenvalue weighted by atomic mass is 9.98. The Labute approximate surface area is 130 Å². The van der Waals surface area contributed by atoms with Gasteiger partial charge in [0.1, 0.15) is 0 Å². The van der Waals surface area contributed by atoms with E-state index in [2.05, 4.69) is 0 Å². The first-order valence-electron chi connectivity index (χ1n) is 7.79. The zero-order valence-electron chi connectivity index (χ0n) is 13.0. The van der Waals surface area contributed by atoms with Crippen LogP contribution in [0.1, 0.15) is 25.7 Å². The number of piperidine rings is 1. The largest absolute Gasteiger partial charge is 0.481 e. The number of carbonyl (C=O) groups is 3. The van der Waals surface area contributed by atoms with Crippen LogP contribution in [0, 0.1) is 11.8 Å². The lowest BCUT2D eigenvalue weighted by molar-refractivity contribution is -0.147. The highest BCUT2D eigenvalue weighted by Crippen LogP contribution is 2.18. The third-order valence-corrected chi connectivity index (χ3v) is 4.41. The Morgan fingerprint density at radius 1 is 1.32 bits per heavy atom. The van der Waals surface area contributed by atoms with Crippen LogP contribution in [0.15, 0.2) is 0 Å². The number of hydrogen-bond acceptors (Lipinski definition) is 4. The number of likely N-dealkylation sites (tertiary alicyclic amines) is 1. The number of amides is 2. The predicted molar refractivity (Wildman–Crippen MR) is 78.1 cm³/mol. The molecular weight excluding hydrogens is 288 g/mol. The molecule has 1 N–H and O–H groups in total. The molecule has 0 aromatic heterocycles. The highest BCUT2D eigenvalue weighted by molar-refractivity contribution is 5.85. The van der Waals surface area contributed by atoms with E-state index >= 15 is 0 Å². The molecule has 2 unspecified atom stereocenters. The summed E-state index contributed by atoms with van der Waals surface area (Å²) in [6.07, 6.45) is 2.59. The van der Waals surface area contributed by atoms with Gasteiger partial charge in [-0.05, 0) is 25.2 Å². The van der Waals surface area contributed by atoms with Crippen molar-refractivity contribution in [2.24, 2.45) is 11.8 Å². The Morgan fingerprint density at radius 3 is 2.73 bits per heavy atom. The molecule has 22 heavy (non-hydrogen) atoms. The van der Waals surface area contributed by atoms with E-state index in [4.69, 9.17) is 9.84 Å². The SMILES string of the molecule is CN(CC(=O)N1CCCC(C(=O)O)C1)C(=O)CC1CCOC1. The topological polar surface area (TPSA) is 87.2 Å². The molecule has 0 aromatic carbocycles. The minimum Gasteiger partial charge on any atom is -0.481 e. The quantitative estimate of drug-likeness (QED) is 0.783. The van der Waals surface area contributed by atoms with E-state index in [-0.39, 0.29) is 30.8 Å². The number of carboxylic acids is 1. The summed E-state index contributed by atoms with van der Waals surface area (Å²) in [4.78, 5) is 38.4. The van der Waals surface area contributed by atoms with Gasteiger partial charge in [-0.25, -0.2) is 0 Å². The van der Waals surface area contributed by atoms with Gasteiger partial charge in [0.15, 0.2) is 0 Å². The second-order valence-corrected chi connectivity index (χ2v) is 6.20. The summed E-state index contributed by atoms with van der Waals surface area (Å²) >= 11 is 0. The average Bonchev–Trinajstić information content (AvgIpc) is 3.00. The number of likely N-dealkylation sites (N-methyl/N-ethyl adjacent to an activating group) is 1. The van der Waals surface area contributed by atoms with Crippen molar-refractivity contribution in [3.05, 3.63) is 0 Å². The van der Waals surface area contributed by atoms with Crippen molar-refractivity contribution in [2.45, 2.75) is 25.7 Å². The molecule has 2 heterocycles. The maximum absolute atomic E-state index is 12.2. The van der Waals surface area contributed by atoms with E-state index in [1.54, 1.807) is 11.9 Å². The van der Waals surface area contributed by atoms with Crippen molar-refractivity contribution >= 4 is 17.8 Å². The van der Waals surface area contributed by atoms with Gasteiger partial charge in [0.25, 0.3) is 0 Å². The van der Waals surface area contributed by atoms with Crippen LogP contribution in [0.2, 0.25) is 0 Å². The highest BCUT2D eigenvalue weighted by Gasteiger charge is 2.29. The molecule has 2 rings (SSSR count). The van der Waals surface area contributed by atoms with E-state index in [1.165, 1.54) is 4.90 Å². The molecule has 2 fully saturated rings. The molecule has 2 amide bonds. The minimum atomic E-state index is -0.858. The fraction of sp³-hybridized carbons (Fsp3) is 0.800. The van der Waals surface area contributed by atoms with Crippen molar-refractivity contribution in [2.75, 3.05) is 39.9 Å². The lowest BCUT2D eigenvalue weighted by Gasteiger charge is -2.32. The maximum atomic E-state index is 12.2. The standard InChI is InChI=1S/C15H24N2O5/c1-16(13(18)7-11-4-6-22-10-11)9-14(19)17-5-2-3-12(8-17)15(20)21/h11-12H,2-10H2,1H3,(H,20,21).